The summed E-state index contributed by atoms with van der Waals surface area (Å²) in [6.45, 7) is 3.54. The van der Waals surface area contributed by atoms with Crippen LogP contribution in [0, 0.1) is 5.92 Å². The highest BCUT2D eigenvalue weighted by Gasteiger charge is 2.26. The molecule has 0 aromatic heterocycles. The molecule has 0 aliphatic heterocycles. The third kappa shape index (κ3) is 5.45. The van der Waals surface area contributed by atoms with Crippen molar-refractivity contribution in [3.8, 4) is 0 Å². The lowest BCUT2D eigenvalue weighted by molar-refractivity contribution is -0.124. The largest absolute Gasteiger partial charge is 0.340 e. The molecule has 0 saturated carbocycles. The first kappa shape index (κ1) is 20.7. The Labute approximate surface area is 167 Å². The standard InChI is InChI=1S/C19H19Cl2N3O3/c1-11(2)16(22-17(25)12-7-3-5-9-14(12)20)19(27)24-23-18(26)13-8-4-6-10-15(13)21/h3-11,16H,1-2H3,(H,22,25)(H,23,26)(H,24,27)/t16-/m0/s1. The van der Waals surface area contributed by atoms with Crippen molar-refractivity contribution in [2.45, 2.75) is 19.9 Å². The predicted molar refractivity (Wildman–Crippen MR) is 105 cm³/mol. The summed E-state index contributed by atoms with van der Waals surface area (Å²) in [4.78, 5) is 37.0. The molecule has 142 valence electrons. The summed E-state index contributed by atoms with van der Waals surface area (Å²) < 4.78 is 0. The van der Waals surface area contributed by atoms with E-state index in [1.54, 1.807) is 56.3 Å². The zero-order valence-corrected chi connectivity index (χ0v) is 16.3. The van der Waals surface area contributed by atoms with Crippen LogP contribution in [-0.4, -0.2) is 23.8 Å². The molecular weight excluding hydrogens is 389 g/mol. The van der Waals surface area contributed by atoms with Crippen molar-refractivity contribution in [1.29, 1.82) is 0 Å². The highest BCUT2D eigenvalue weighted by molar-refractivity contribution is 6.34. The minimum absolute atomic E-state index is 0.223. The van der Waals surface area contributed by atoms with Crippen molar-refractivity contribution in [2.24, 2.45) is 5.92 Å². The molecule has 2 rings (SSSR count). The van der Waals surface area contributed by atoms with Crippen LogP contribution >= 0.6 is 23.2 Å². The van der Waals surface area contributed by atoms with Gasteiger partial charge in [-0.25, -0.2) is 0 Å². The average molecular weight is 408 g/mol. The molecule has 3 amide bonds. The monoisotopic (exact) mass is 407 g/mol. The summed E-state index contributed by atoms with van der Waals surface area (Å²) in [5.74, 6) is -1.83. The van der Waals surface area contributed by atoms with Gasteiger partial charge in [-0.1, -0.05) is 61.3 Å². The van der Waals surface area contributed by atoms with Gasteiger partial charge in [0.05, 0.1) is 21.2 Å². The number of carbonyl (C=O) groups excluding carboxylic acids is 3. The second-order valence-electron chi connectivity index (χ2n) is 6.10. The van der Waals surface area contributed by atoms with Crippen molar-refractivity contribution >= 4 is 40.9 Å². The van der Waals surface area contributed by atoms with Gasteiger partial charge in [0, 0.05) is 0 Å². The maximum atomic E-state index is 12.5. The SMILES string of the molecule is CC(C)[C@H](NC(=O)c1ccccc1Cl)C(=O)NNC(=O)c1ccccc1Cl. The van der Waals surface area contributed by atoms with E-state index in [4.69, 9.17) is 23.2 Å². The fourth-order valence-electron chi connectivity index (χ4n) is 2.31. The molecule has 0 unspecified atom stereocenters. The topological polar surface area (TPSA) is 87.3 Å². The van der Waals surface area contributed by atoms with Gasteiger partial charge >= 0.3 is 0 Å². The minimum Gasteiger partial charge on any atom is -0.340 e. The quantitative estimate of drug-likeness (QED) is 0.664. The van der Waals surface area contributed by atoms with E-state index in [1.165, 1.54) is 6.07 Å². The van der Waals surface area contributed by atoms with Gasteiger partial charge in [0.15, 0.2) is 0 Å². The van der Waals surface area contributed by atoms with Crippen molar-refractivity contribution in [1.82, 2.24) is 16.2 Å². The summed E-state index contributed by atoms with van der Waals surface area (Å²) in [5.41, 5.74) is 5.10. The van der Waals surface area contributed by atoms with E-state index in [-0.39, 0.29) is 27.1 Å². The lowest BCUT2D eigenvalue weighted by atomic mass is 10.0. The maximum absolute atomic E-state index is 12.5. The second-order valence-corrected chi connectivity index (χ2v) is 6.91. The molecule has 0 fully saturated rings. The third-order valence-corrected chi connectivity index (χ3v) is 4.43. The number of hydrazine groups is 1. The number of hydrogen-bond donors (Lipinski definition) is 3. The Bertz CT molecular complexity index is 856. The minimum atomic E-state index is -0.875. The van der Waals surface area contributed by atoms with E-state index in [0.717, 1.165) is 0 Å². The van der Waals surface area contributed by atoms with Crippen LogP contribution in [0.3, 0.4) is 0 Å². The van der Waals surface area contributed by atoms with Gasteiger partial charge < -0.3 is 5.32 Å². The molecule has 0 aliphatic rings. The number of amides is 3. The normalized spacial score (nSPS) is 11.6. The zero-order valence-electron chi connectivity index (χ0n) is 14.8. The Hall–Kier alpha value is -2.57. The smallest absolute Gasteiger partial charge is 0.271 e. The van der Waals surface area contributed by atoms with Gasteiger partial charge in [-0.05, 0) is 30.2 Å². The average Bonchev–Trinajstić information content (AvgIpc) is 2.64. The van der Waals surface area contributed by atoms with Gasteiger partial charge in [0.25, 0.3) is 17.7 Å². The lowest BCUT2D eigenvalue weighted by Gasteiger charge is -2.22. The van der Waals surface area contributed by atoms with E-state index in [0.29, 0.717) is 0 Å². The Balaban J connectivity index is 2.03. The molecule has 0 saturated heterocycles. The molecule has 27 heavy (non-hydrogen) atoms. The molecule has 3 N–H and O–H groups in total. The van der Waals surface area contributed by atoms with Crippen LogP contribution < -0.4 is 16.2 Å². The van der Waals surface area contributed by atoms with Crippen LogP contribution in [0.2, 0.25) is 10.0 Å². The van der Waals surface area contributed by atoms with Gasteiger partial charge in [0.1, 0.15) is 6.04 Å². The number of halogens is 2. The summed E-state index contributed by atoms with van der Waals surface area (Å²) in [6.07, 6.45) is 0. The molecule has 0 bridgehead atoms. The molecule has 1 atom stereocenters. The zero-order chi connectivity index (χ0) is 20.0. The molecule has 0 aliphatic carbocycles. The molecule has 2 aromatic rings. The van der Waals surface area contributed by atoms with Gasteiger partial charge in [-0.2, -0.15) is 0 Å². The van der Waals surface area contributed by atoms with E-state index in [9.17, 15) is 14.4 Å². The summed E-state index contributed by atoms with van der Waals surface area (Å²) in [6, 6.07) is 12.1. The summed E-state index contributed by atoms with van der Waals surface area (Å²) in [7, 11) is 0. The van der Waals surface area contributed by atoms with Gasteiger partial charge in [-0.3, -0.25) is 25.2 Å². The Morgan fingerprint density at radius 1 is 0.778 bits per heavy atom. The number of benzene rings is 2. The summed E-state index contributed by atoms with van der Waals surface area (Å²) in [5, 5.41) is 3.18. The molecule has 0 radical (unpaired) electrons. The predicted octanol–water partition coefficient (Wildman–Crippen LogP) is 3.21. The highest BCUT2D eigenvalue weighted by Crippen LogP contribution is 2.16. The highest BCUT2D eigenvalue weighted by atomic mass is 35.5. The van der Waals surface area contributed by atoms with E-state index < -0.39 is 23.8 Å². The first-order valence-corrected chi connectivity index (χ1v) is 8.97. The fraction of sp³-hybridized carbons (Fsp3) is 0.211. The van der Waals surface area contributed by atoms with Crippen molar-refractivity contribution < 1.29 is 14.4 Å². The Morgan fingerprint density at radius 2 is 1.26 bits per heavy atom. The molecule has 8 heteroatoms. The van der Waals surface area contributed by atoms with Crippen LogP contribution in [0.5, 0.6) is 0 Å². The molecule has 0 spiro atoms. The Morgan fingerprint density at radius 3 is 1.74 bits per heavy atom. The first-order valence-electron chi connectivity index (χ1n) is 8.21. The van der Waals surface area contributed by atoms with Crippen LogP contribution in [-0.2, 0) is 4.79 Å². The maximum Gasteiger partial charge on any atom is 0.271 e. The van der Waals surface area contributed by atoms with Gasteiger partial charge in [-0.15, -0.1) is 0 Å². The number of hydrogen-bond acceptors (Lipinski definition) is 3. The molecular formula is C19H19Cl2N3O3. The van der Waals surface area contributed by atoms with Crippen molar-refractivity contribution in [3.63, 3.8) is 0 Å². The Kier molecular flexibility index (Phi) is 7.21. The lowest BCUT2D eigenvalue weighted by Crippen LogP contribution is -2.54. The van der Waals surface area contributed by atoms with Crippen LogP contribution in [0.1, 0.15) is 34.6 Å². The van der Waals surface area contributed by atoms with Gasteiger partial charge in [0.2, 0.25) is 0 Å². The summed E-state index contributed by atoms with van der Waals surface area (Å²) >= 11 is 12.0. The number of nitrogens with one attached hydrogen (secondary N) is 3. The van der Waals surface area contributed by atoms with E-state index in [2.05, 4.69) is 16.2 Å². The number of carbonyl (C=O) groups is 3. The molecule has 0 heterocycles. The van der Waals surface area contributed by atoms with Crippen molar-refractivity contribution in [3.05, 3.63) is 69.7 Å². The fourth-order valence-corrected chi connectivity index (χ4v) is 2.75. The van der Waals surface area contributed by atoms with Crippen LogP contribution in [0.4, 0.5) is 0 Å². The first-order chi connectivity index (χ1) is 12.8. The van der Waals surface area contributed by atoms with Crippen molar-refractivity contribution in [2.75, 3.05) is 0 Å². The molecule has 2 aromatic carbocycles. The third-order valence-electron chi connectivity index (χ3n) is 3.77. The second kappa shape index (κ2) is 9.39. The van der Waals surface area contributed by atoms with Crippen LogP contribution in [0.25, 0.3) is 0 Å². The van der Waals surface area contributed by atoms with Crippen LogP contribution in [0.15, 0.2) is 48.5 Å². The van der Waals surface area contributed by atoms with E-state index in [1.807, 2.05) is 0 Å². The molecule has 6 nitrogen and oxygen atoms in total. The number of rotatable bonds is 5. The van der Waals surface area contributed by atoms with E-state index >= 15 is 0 Å².